The van der Waals surface area contributed by atoms with Gasteiger partial charge in [0.25, 0.3) is 0 Å². The van der Waals surface area contributed by atoms with Gasteiger partial charge in [-0.1, -0.05) is 13.8 Å². The number of carbonyl (C=O) groups is 2. The van der Waals surface area contributed by atoms with E-state index in [0.29, 0.717) is 29.6 Å². The minimum atomic E-state index is -0.603. The maximum atomic E-state index is 12.6. The summed E-state index contributed by atoms with van der Waals surface area (Å²) < 4.78 is 5.22. The lowest BCUT2D eigenvalue weighted by atomic mass is 9.43. The standard InChI is InChI=1S/C28H48N2O5/c1-16(30-23(33)15-29-25(34)35-26(2,3)4)20-9-10-21-19-8-7-17-13-18(31)11-12-27(17,5)24(19)22(32)14-28(20,21)6/h16-22,24,31-32H,7-15H2,1-6H3,(H,29,34)(H,30,33). The lowest BCUT2D eigenvalue weighted by molar-refractivity contribution is -0.178. The van der Waals surface area contributed by atoms with E-state index in [9.17, 15) is 19.8 Å². The third-order valence-corrected chi connectivity index (χ3v) is 10.4. The number of amides is 2. The van der Waals surface area contributed by atoms with E-state index in [-0.39, 0.29) is 41.5 Å². The van der Waals surface area contributed by atoms with Crippen LogP contribution in [0, 0.1) is 40.4 Å². The van der Waals surface area contributed by atoms with Crippen molar-refractivity contribution in [1.82, 2.24) is 10.6 Å². The molecule has 35 heavy (non-hydrogen) atoms. The van der Waals surface area contributed by atoms with Crippen LogP contribution in [0.25, 0.3) is 0 Å². The Balaban J connectivity index is 1.40. The highest BCUT2D eigenvalue weighted by atomic mass is 16.6. The zero-order valence-corrected chi connectivity index (χ0v) is 22.6. The van der Waals surface area contributed by atoms with Gasteiger partial charge >= 0.3 is 6.09 Å². The minimum absolute atomic E-state index is 0.0107. The van der Waals surface area contributed by atoms with Crippen LogP contribution >= 0.6 is 0 Å². The van der Waals surface area contributed by atoms with Crippen LogP contribution in [0.1, 0.15) is 92.9 Å². The van der Waals surface area contributed by atoms with Gasteiger partial charge in [0, 0.05) is 6.04 Å². The molecule has 4 aliphatic rings. The lowest BCUT2D eigenvalue weighted by Gasteiger charge is -2.62. The SMILES string of the molecule is CC(NC(=O)CNC(=O)OC(C)(C)C)C1CCC2C3CCC4CC(O)CCC4(C)C3C(O)CC12C. The number of rotatable bonds is 4. The predicted molar refractivity (Wildman–Crippen MR) is 134 cm³/mol. The monoisotopic (exact) mass is 492 g/mol. The Morgan fingerprint density at radius 2 is 1.77 bits per heavy atom. The maximum absolute atomic E-state index is 12.6. The first-order valence-corrected chi connectivity index (χ1v) is 13.9. The first-order chi connectivity index (χ1) is 16.2. The van der Waals surface area contributed by atoms with Crippen molar-refractivity contribution in [3.8, 4) is 0 Å². The highest BCUT2D eigenvalue weighted by molar-refractivity contribution is 5.82. The van der Waals surface area contributed by atoms with Gasteiger partial charge < -0.3 is 25.6 Å². The van der Waals surface area contributed by atoms with Crippen molar-refractivity contribution < 1.29 is 24.5 Å². The van der Waals surface area contributed by atoms with Crippen molar-refractivity contribution in [2.45, 2.75) is 117 Å². The smallest absolute Gasteiger partial charge is 0.408 e. The maximum Gasteiger partial charge on any atom is 0.408 e. The van der Waals surface area contributed by atoms with E-state index < -0.39 is 11.7 Å². The molecule has 0 saturated heterocycles. The van der Waals surface area contributed by atoms with Crippen LogP contribution in [-0.2, 0) is 9.53 Å². The van der Waals surface area contributed by atoms with E-state index in [2.05, 4.69) is 31.4 Å². The molecule has 0 heterocycles. The van der Waals surface area contributed by atoms with Crippen molar-refractivity contribution in [3.05, 3.63) is 0 Å². The number of hydrogen-bond acceptors (Lipinski definition) is 5. The van der Waals surface area contributed by atoms with Crippen LogP contribution in [0.15, 0.2) is 0 Å². The number of ether oxygens (including phenoxy) is 1. The zero-order valence-electron chi connectivity index (χ0n) is 22.6. The Morgan fingerprint density at radius 3 is 2.46 bits per heavy atom. The summed E-state index contributed by atoms with van der Waals surface area (Å²) in [5, 5.41) is 27.5. The summed E-state index contributed by atoms with van der Waals surface area (Å²) in [5.74, 6) is 1.99. The van der Waals surface area contributed by atoms with Crippen LogP contribution < -0.4 is 10.6 Å². The second kappa shape index (κ2) is 9.51. The molecule has 10 unspecified atom stereocenters. The fourth-order valence-corrected chi connectivity index (χ4v) is 9.09. The molecule has 0 radical (unpaired) electrons. The highest BCUT2D eigenvalue weighted by Gasteiger charge is 2.63. The van der Waals surface area contributed by atoms with Gasteiger partial charge in [0.15, 0.2) is 0 Å². The molecule has 0 aliphatic heterocycles. The van der Waals surface area contributed by atoms with Crippen molar-refractivity contribution in [2.24, 2.45) is 40.4 Å². The largest absolute Gasteiger partial charge is 0.444 e. The van der Waals surface area contributed by atoms with Gasteiger partial charge in [-0.3, -0.25) is 4.79 Å². The number of aliphatic hydroxyl groups is 2. The van der Waals surface area contributed by atoms with Crippen molar-refractivity contribution in [3.63, 3.8) is 0 Å². The van der Waals surface area contributed by atoms with Gasteiger partial charge in [-0.15, -0.1) is 0 Å². The van der Waals surface area contributed by atoms with Crippen molar-refractivity contribution >= 4 is 12.0 Å². The van der Waals surface area contributed by atoms with Crippen molar-refractivity contribution in [2.75, 3.05) is 6.54 Å². The van der Waals surface area contributed by atoms with Crippen LogP contribution in [0.2, 0.25) is 0 Å². The molecule has 200 valence electrons. The second-order valence-electron chi connectivity index (χ2n) is 13.7. The molecular formula is C28H48N2O5. The van der Waals surface area contributed by atoms with Gasteiger partial charge in [0.1, 0.15) is 12.1 Å². The Labute approximate surface area is 211 Å². The fraction of sp³-hybridized carbons (Fsp3) is 0.929. The Morgan fingerprint density at radius 1 is 1.06 bits per heavy atom. The summed E-state index contributed by atoms with van der Waals surface area (Å²) in [7, 11) is 0. The van der Waals surface area contributed by atoms with E-state index in [4.69, 9.17) is 4.74 Å². The number of hydrogen-bond donors (Lipinski definition) is 4. The van der Waals surface area contributed by atoms with E-state index in [1.807, 2.05) is 0 Å². The van der Waals surface area contributed by atoms with Crippen LogP contribution in [0.4, 0.5) is 4.79 Å². The van der Waals surface area contributed by atoms with Gasteiger partial charge in [-0.2, -0.15) is 0 Å². The van der Waals surface area contributed by atoms with E-state index >= 15 is 0 Å². The first kappa shape index (κ1) is 26.7. The molecule has 2 amide bonds. The topological polar surface area (TPSA) is 108 Å². The molecule has 4 aliphatic carbocycles. The van der Waals surface area contributed by atoms with Gasteiger partial charge in [0.05, 0.1) is 12.2 Å². The fourth-order valence-electron chi connectivity index (χ4n) is 9.09. The molecule has 7 heteroatoms. The Hall–Kier alpha value is -1.34. The summed E-state index contributed by atoms with van der Waals surface area (Å²) in [6.45, 7) is 12.1. The summed E-state index contributed by atoms with van der Waals surface area (Å²) in [6.07, 6.45) is 6.93. The quantitative estimate of drug-likeness (QED) is 0.474. The van der Waals surface area contributed by atoms with E-state index in [0.717, 1.165) is 51.4 Å². The van der Waals surface area contributed by atoms with Gasteiger partial charge in [0.2, 0.25) is 5.91 Å². The third kappa shape index (κ3) is 5.09. The number of nitrogens with one attached hydrogen (secondary N) is 2. The second-order valence-corrected chi connectivity index (χ2v) is 13.7. The lowest BCUT2D eigenvalue weighted by Crippen LogP contribution is -2.60. The van der Waals surface area contributed by atoms with E-state index in [1.165, 1.54) is 0 Å². The molecule has 10 atom stereocenters. The summed E-state index contributed by atoms with van der Waals surface area (Å²) in [6, 6.07) is -0.0292. The molecule has 4 saturated carbocycles. The average molecular weight is 493 g/mol. The summed E-state index contributed by atoms with van der Waals surface area (Å²) in [4.78, 5) is 24.5. The normalized spacial score (nSPS) is 43.8. The van der Waals surface area contributed by atoms with Gasteiger partial charge in [-0.05, 0) is 119 Å². The molecule has 4 rings (SSSR count). The molecule has 0 bridgehead atoms. The number of fused-ring (bicyclic) bond motifs is 5. The molecule has 0 spiro atoms. The zero-order chi connectivity index (χ0) is 25.8. The Bertz CT molecular complexity index is 812. The van der Waals surface area contributed by atoms with Gasteiger partial charge in [-0.25, -0.2) is 4.79 Å². The van der Waals surface area contributed by atoms with Crippen LogP contribution in [0.3, 0.4) is 0 Å². The molecule has 0 aromatic carbocycles. The first-order valence-electron chi connectivity index (χ1n) is 13.9. The molecule has 0 aromatic rings. The number of carbonyl (C=O) groups excluding carboxylic acids is 2. The number of aliphatic hydroxyl groups excluding tert-OH is 2. The summed E-state index contributed by atoms with van der Waals surface area (Å²) in [5.41, 5.74) is -0.494. The van der Waals surface area contributed by atoms with Crippen LogP contribution in [0.5, 0.6) is 0 Å². The average Bonchev–Trinajstić information content (AvgIpc) is 3.08. The third-order valence-electron chi connectivity index (χ3n) is 10.4. The summed E-state index contributed by atoms with van der Waals surface area (Å²) >= 11 is 0. The molecule has 0 aromatic heterocycles. The predicted octanol–water partition coefficient (Wildman–Crippen LogP) is 4.01. The number of alkyl carbamates (subject to hydrolysis) is 1. The van der Waals surface area contributed by atoms with E-state index in [1.54, 1.807) is 20.8 Å². The molecular weight excluding hydrogens is 444 g/mol. The Kier molecular flexibility index (Phi) is 7.26. The minimum Gasteiger partial charge on any atom is -0.444 e. The van der Waals surface area contributed by atoms with Crippen molar-refractivity contribution in [1.29, 1.82) is 0 Å². The highest BCUT2D eigenvalue weighted by Crippen LogP contribution is 2.67. The molecule has 4 fully saturated rings. The van der Waals surface area contributed by atoms with Crippen LogP contribution in [-0.4, -0.2) is 52.6 Å². The molecule has 7 nitrogen and oxygen atoms in total. The molecule has 4 N–H and O–H groups in total.